The fraction of sp³-hybridized carbons (Fsp3) is 0.429. The predicted molar refractivity (Wildman–Crippen MR) is 202 cm³/mol. The van der Waals surface area contributed by atoms with Gasteiger partial charge in [-0.1, -0.05) is 0 Å². The van der Waals surface area contributed by atoms with Crippen LogP contribution in [0.2, 0.25) is 0 Å². The van der Waals surface area contributed by atoms with E-state index in [2.05, 4.69) is 36.0 Å². The molecule has 0 N–H and O–H groups in total. The molecule has 4 aromatic rings. The number of hydrogen-bond donors (Lipinski definition) is 0. The molecule has 0 spiro atoms. The van der Waals surface area contributed by atoms with Gasteiger partial charge in [0.05, 0.1) is 49.8 Å². The number of fused-ring (bicyclic) bond motifs is 5. The summed E-state index contributed by atoms with van der Waals surface area (Å²) in [7, 11) is 15.9. The van der Waals surface area contributed by atoms with Crippen molar-refractivity contribution in [2.45, 2.75) is 37.8 Å². The molecule has 12 nitrogen and oxygen atoms in total. The molecule has 0 amide bonds. The first-order valence-electron chi connectivity index (χ1n) is 18.2. The van der Waals surface area contributed by atoms with E-state index in [-0.39, 0.29) is 18.9 Å². The summed E-state index contributed by atoms with van der Waals surface area (Å²) in [5.41, 5.74) is 8.78. The van der Waals surface area contributed by atoms with Crippen LogP contribution in [0.4, 0.5) is 0 Å². The van der Waals surface area contributed by atoms with Crippen molar-refractivity contribution in [2.24, 2.45) is 0 Å². The molecule has 0 aromatic heterocycles. The Hall–Kier alpha value is -5.20. The monoisotopic (exact) mass is 740 g/mol. The highest BCUT2D eigenvalue weighted by molar-refractivity contribution is 5.87. The van der Waals surface area contributed by atoms with Gasteiger partial charge in [0, 0.05) is 41.9 Å². The number of likely N-dealkylation sites (N-methyl/N-ethyl adjacent to an activating group) is 2. The summed E-state index contributed by atoms with van der Waals surface area (Å²) in [5.74, 6) is 6.80. The Labute approximate surface area is 316 Å². The third kappa shape index (κ3) is 5.57. The third-order valence-corrected chi connectivity index (χ3v) is 11.5. The van der Waals surface area contributed by atoms with E-state index in [0.29, 0.717) is 58.2 Å². The summed E-state index contributed by atoms with van der Waals surface area (Å²) < 4.78 is 60.1. The van der Waals surface area contributed by atoms with Crippen molar-refractivity contribution < 1.29 is 47.4 Å². The van der Waals surface area contributed by atoms with Gasteiger partial charge in [-0.2, -0.15) is 0 Å². The van der Waals surface area contributed by atoms with Crippen LogP contribution >= 0.6 is 0 Å². The van der Waals surface area contributed by atoms with Crippen molar-refractivity contribution in [1.82, 2.24) is 9.80 Å². The maximum Gasteiger partial charge on any atom is 0.231 e. The summed E-state index contributed by atoms with van der Waals surface area (Å²) in [4.78, 5) is 4.75. The van der Waals surface area contributed by atoms with Gasteiger partial charge < -0.3 is 47.4 Å². The number of benzene rings is 4. The first kappa shape index (κ1) is 35.8. The number of ether oxygens (including phenoxy) is 10. The first-order chi connectivity index (χ1) is 26.3. The van der Waals surface area contributed by atoms with Gasteiger partial charge in [0.1, 0.15) is 0 Å². The lowest BCUT2D eigenvalue weighted by molar-refractivity contribution is 0.169. The van der Waals surface area contributed by atoms with Crippen LogP contribution in [0, 0.1) is 0 Å². The minimum atomic E-state index is 0.0319. The van der Waals surface area contributed by atoms with Crippen molar-refractivity contribution in [3.63, 3.8) is 0 Å². The smallest absolute Gasteiger partial charge is 0.231 e. The number of hydrogen-bond acceptors (Lipinski definition) is 12. The molecule has 8 rings (SSSR count). The standard InChI is InChI=1S/C42H48N2O10/c1-43-12-10-24-27(20-33(47-5)40-38(24)52-21-53-40)28(43)14-22-15-32(46-4)39(49-7)34(16-22)54-31-18-23-17-29-35-25(11-13-44(29)2)37(48-6)42(51-9)41(50-8)36(35)26(23)19-30(31)45-3/h15-16,18-20,28-29H,10-14,17,21H2,1-9H3. The summed E-state index contributed by atoms with van der Waals surface area (Å²) in [5, 5.41) is 0. The molecule has 0 fully saturated rings. The van der Waals surface area contributed by atoms with Crippen molar-refractivity contribution in [3.8, 4) is 74.4 Å². The van der Waals surface area contributed by atoms with Crippen LogP contribution in [-0.2, 0) is 25.7 Å². The van der Waals surface area contributed by atoms with Crippen molar-refractivity contribution in [1.29, 1.82) is 0 Å². The summed E-state index contributed by atoms with van der Waals surface area (Å²) in [6.07, 6.45) is 3.12. The Kier molecular flexibility index (Phi) is 9.43. The molecule has 2 unspecified atom stereocenters. The number of nitrogens with zero attached hydrogens (tertiary/aromatic N) is 2. The molecule has 3 heterocycles. The Morgan fingerprint density at radius 3 is 1.98 bits per heavy atom. The van der Waals surface area contributed by atoms with Crippen molar-refractivity contribution in [3.05, 3.63) is 63.7 Å². The molecular formula is C42H48N2O10. The van der Waals surface area contributed by atoms with Crippen LogP contribution in [0.3, 0.4) is 0 Å². The van der Waals surface area contributed by atoms with Gasteiger partial charge in [0.15, 0.2) is 46.0 Å². The van der Waals surface area contributed by atoms with E-state index in [1.807, 2.05) is 18.2 Å². The fourth-order valence-electron chi connectivity index (χ4n) is 8.89. The average molecular weight is 741 g/mol. The molecule has 2 atom stereocenters. The van der Waals surface area contributed by atoms with Crippen LogP contribution in [-0.4, -0.2) is 93.5 Å². The lowest BCUT2D eigenvalue weighted by atomic mass is 9.76. The Morgan fingerprint density at radius 1 is 0.611 bits per heavy atom. The Morgan fingerprint density at radius 2 is 1.28 bits per heavy atom. The molecule has 0 bridgehead atoms. The quantitative estimate of drug-likeness (QED) is 0.162. The van der Waals surface area contributed by atoms with Gasteiger partial charge in [-0.15, -0.1) is 0 Å². The van der Waals surface area contributed by atoms with Gasteiger partial charge >= 0.3 is 0 Å². The zero-order chi connectivity index (χ0) is 37.8. The van der Waals surface area contributed by atoms with E-state index >= 15 is 0 Å². The van der Waals surface area contributed by atoms with Gasteiger partial charge in [-0.3, -0.25) is 9.80 Å². The second-order valence-electron chi connectivity index (χ2n) is 14.1. The molecule has 54 heavy (non-hydrogen) atoms. The van der Waals surface area contributed by atoms with Gasteiger partial charge in [0.25, 0.3) is 0 Å². The zero-order valence-corrected chi connectivity index (χ0v) is 32.5. The van der Waals surface area contributed by atoms with E-state index in [1.165, 1.54) is 5.56 Å². The maximum atomic E-state index is 6.82. The van der Waals surface area contributed by atoms with Gasteiger partial charge in [-0.05, 0) is 97.9 Å². The lowest BCUT2D eigenvalue weighted by Crippen LogP contribution is -2.36. The van der Waals surface area contributed by atoms with Gasteiger partial charge in [0.2, 0.25) is 24.0 Å². The SMILES string of the molecule is COc1cc2c(cc1Oc1cc(CC3c4cc(OC)c5c(c4CCN3C)OCO5)cc(OC)c1OC)CC1c3c(c(OC)c(OC)c(OC)c3-2)CCN1C. The third-order valence-electron chi connectivity index (χ3n) is 11.5. The fourth-order valence-corrected chi connectivity index (χ4v) is 8.89. The summed E-state index contributed by atoms with van der Waals surface area (Å²) >= 11 is 0. The highest BCUT2D eigenvalue weighted by Gasteiger charge is 2.40. The highest BCUT2D eigenvalue weighted by atomic mass is 16.7. The second kappa shape index (κ2) is 14.2. The van der Waals surface area contributed by atoms with Gasteiger partial charge in [-0.25, -0.2) is 0 Å². The molecule has 4 aliphatic rings. The predicted octanol–water partition coefficient (Wildman–Crippen LogP) is 6.79. The molecule has 1 aliphatic carbocycles. The van der Waals surface area contributed by atoms with Crippen LogP contribution in [0.15, 0.2) is 30.3 Å². The van der Waals surface area contributed by atoms with Crippen LogP contribution in [0.1, 0.15) is 45.5 Å². The Bertz CT molecular complexity index is 2120. The van der Waals surface area contributed by atoms with E-state index in [4.69, 9.17) is 47.4 Å². The van der Waals surface area contributed by atoms with Crippen molar-refractivity contribution in [2.75, 3.05) is 83.7 Å². The van der Waals surface area contributed by atoms with Crippen LogP contribution in [0.25, 0.3) is 11.1 Å². The lowest BCUT2D eigenvalue weighted by Gasteiger charge is -2.41. The largest absolute Gasteiger partial charge is 0.493 e. The molecule has 0 saturated heterocycles. The van der Waals surface area contributed by atoms with Crippen molar-refractivity contribution >= 4 is 0 Å². The summed E-state index contributed by atoms with van der Waals surface area (Å²) in [6, 6.07) is 10.4. The number of methoxy groups -OCH3 is 7. The second-order valence-corrected chi connectivity index (χ2v) is 14.1. The Balaban J connectivity index is 1.21. The molecule has 3 aliphatic heterocycles. The van der Waals surface area contributed by atoms with Crippen LogP contribution < -0.4 is 47.4 Å². The first-order valence-corrected chi connectivity index (χ1v) is 18.2. The van der Waals surface area contributed by atoms with E-state index in [9.17, 15) is 0 Å². The minimum Gasteiger partial charge on any atom is -0.493 e. The average Bonchev–Trinajstić information content (AvgIpc) is 3.69. The van der Waals surface area contributed by atoms with E-state index < -0.39 is 0 Å². The van der Waals surface area contributed by atoms with E-state index in [0.717, 1.165) is 82.8 Å². The normalized spacial score (nSPS) is 18.2. The highest BCUT2D eigenvalue weighted by Crippen LogP contribution is 2.58. The zero-order valence-electron chi connectivity index (χ0n) is 32.5. The molecule has 0 saturated carbocycles. The minimum absolute atomic E-state index is 0.0319. The molecule has 286 valence electrons. The molecule has 0 radical (unpaired) electrons. The topological polar surface area (TPSA) is 98.8 Å². The summed E-state index contributed by atoms with van der Waals surface area (Å²) in [6.45, 7) is 1.94. The molecular weight excluding hydrogens is 692 g/mol. The maximum absolute atomic E-state index is 6.82. The van der Waals surface area contributed by atoms with E-state index in [1.54, 1.807) is 49.8 Å². The molecule has 4 aromatic carbocycles. The number of rotatable bonds is 11. The van der Waals surface area contributed by atoms with Crippen LogP contribution in [0.5, 0.6) is 63.2 Å². The molecule has 12 heteroatoms.